The van der Waals surface area contributed by atoms with Crippen molar-refractivity contribution in [2.45, 2.75) is 86.0 Å². The van der Waals surface area contributed by atoms with E-state index in [2.05, 4.69) is 74.5 Å². The number of benzene rings is 4. The number of alkyl carbamates (subject to hydrolysis) is 1. The van der Waals surface area contributed by atoms with Gasteiger partial charge in [-0.2, -0.15) is 0 Å². The number of amides is 4. The molecule has 61 heavy (non-hydrogen) atoms. The normalized spacial score (nSPS) is 12.0. The lowest BCUT2D eigenvalue weighted by atomic mass is 9.92. The van der Waals surface area contributed by atoms with Crippen LogP contribution >= 0.6 is 0 Å². The number of nitrogens with one attached hydrogen (secondary N) is 4. The number of carbonyl (C=O) groups is 4. The minimum Gasteiger partial charge on any atom is -0.488 e. The van der Waals surface area contributed by atoms with Gasteiger partial charge < -0.3 is 39.9 Å². The van der Waals surface area contributed by atoms with Crippen molar-refractivity contribution in [3.8, 4) is 28.1 Å². The van der Waals surface area contributed by atoms with E-state index >= 15 is 0 Å². The van der Waals surface area contributed by atoms with Crippen LogP contribution in [0.4, 0.5) is 4.79 Å². The highest BCUT2D eigenvalue weighted by atomic mass is 16.5. The smallest absolute Gasteiger partial charge is 0.407 e. The van der Waals surface area contributed by atoms with Gasteiger partial charge in [0.05, 0.1) is 43.1 Å². The summed E-state index contributed by atoms with van der Waals surface area (Å²) in [6, 6.07) is 23.0. The number of carbonyl (C=O) groups excluding carboxylic acids is 4. The van der Waals surface area contributed by atoms with Gasteiger partial charge in [0.25, 0.3) is 0 Å². The van der Waals surface area contributed by atoms with Crippen LogP contribution in [0.2, 0.25) is 0 Å². The molecule has 1 aliphatic heterocycles. The van der Waals surface area contributed by atoms with E-state index in [1.807, 2.05) is 56.3 Å². The zero-order valence-electron chi connectivity index (χ0n) is 35.9. The molecule has 3 heterocycles. The van der Waals surface area contributed by atoms with Gasteiger partial charge in [0.15, 0.2) is 0 Å². The molecule has 4 amide bonds. The van der Waals surface area contributed by atoms with Crippen LogP contribution in [-0.4, -0.2) is 80.3 Å². The van der Waals surface area contributed by atoms with Gasteiger partial charge in [-0.15, -0.1) is 0 Å². The third-order valence-corrected chi connectivity index (χ3v) is 10.2. The lowest BCUT2D eigenvalue weighted by molar-refractivity contribution is -0.137. The average molecular weight is 829 g/mol. The highest BCUT2D eigenvalue weighted by Crippen LogP contribution is 2.42. The average Bonchev–Trinajstić information content (AvgIpc) is 3.93. The minimum absolute atomic E-state index is 0.163. The van der Waals surface area contributed by atoms with Gasteiger partial charge in [-0.05, 0) is 64.7 Å². The largest absolute Gasteiger partial charge is 0.488 e. The van der Waals surface area contributed by atoms with Crippen LogP contribution in [-0.2, 0) is 38.8 Å². The molecule has 0 aliphatic carbocycles. The highest BCUT2D eigenvalue weighted by Gasteiger charge is 2.28. The van der Waals surface area contributed by atoms with Crippen molar-refractivity contribution in [2.75, 3.05) is 26.7 Å². The van der Waals surface area contributed by atoms with Gasteiger partial charge in [-0.1, -0.05) is 89.6 Å². The molecule has 6 aromatic rings. The fraction of sp³-hybridized carbons (Fsp3) is 0.362. The predicted octanol–water partition coefficient (Wildman–Crippen LogP) is 8.18. The molecule has 320 valence electrons. The molecule has 7 rings (SSSR count). The molecule has 14 heteroatoms. The first-order chi connectivity index (χ1) is 29.6. The Hall–Kier alpha value is -6.70. The van der Waals surface area contributed by atoms with E-state index in [0.29, 0.717) is 31.3 Å². The van der Waals surface area contributed by atoms with Gasteiger partial charge in [-0.3, -0.25) is 14.4 Å². The van der Waals surface area contributed by atoms with Crippen molar-refractivity contribution in [1.82, 2.24) is 40.4 Å². The van der Waals surface area contributed by atoms with E-state index in [1.54, 1.807) is 22.9 Å². The zero-order valence-corrected chi connectivity index (χ0v) is 35.9. The highest BCUT2D eigenvalue weighted by molar-refractivity contribution is 6.07. The SMILES string of the molecule is CCC.CCCN(Cc1nc2c(ccc3cc4c(cc32)OCc2cc(-c3cnc(CN(CCC)C(=O)[C@H](NC(=O)CC)c5ccccc5)[nH]3)ccc2-4)[nH]1)C(=O)CNC(=O)OC. The van der Waals surface area contributed by atoms with E-state index < -0.39 is 12.1 Å². The lowest BCUT2D eigenvalue weighted by Gasteiger charge is -2.27. The molecule has 14 nitrogen and oxygen atoms in total. The van der Waals surface area contributed by atoms with Crippen molar-refractivity contribution in [2.24, 2.45) is 0 Å². The summed E-state index contributed by atoms with van der Waals surface area (Å²) in [4.78, 5) is 70.5. The molecule has 4 aromatic carbocycles. The molecule has 0 spiro atoms. The van der Waals surface area contributed by atoms with Crippen LogP contribution < -0.4 is 15.4 Å². The summed E-state index contributed by atoms with van der Waals surface area (Å²) in [5.41, 5.74) is 7.22. The summed E-state index contributed by atoms with van der Waals surface area (Å²) >= 11 is 0. The Kier molecular flexibility index (Phi) is 14.8. The Morgan fingerprint density at radius 3 is 2.31 bits per heavy atom. The molecule has 1 atom stereocenters. The van der Waals surface area contributed by atoms with Gasteiger partial charge in [0.2, 0.25) is 17.7 Å². The van der Waals surface area contributed by atoms with E-state index in [-0.39, 0.29) is 43.8 Å². The fourth-order valence-electron chi connectivity index (χ4n) is 7.34. The van der Waals surface area contributed by atoms with Crippen molar-refractivity contribution >= 4 is 45.6 Å². The van der Waals surface area contributed by atoms with Crippen LogP contribution in [0, 0.1) is 0 Å². The maximum Gasteiger partial charge on any atom is 0.407 e. The maximum absolute atomic E-state index is 13.9. The lowest BCUT2D eigenvalue weighted by Crippen LogP contribution is -2.43. The first-order valence-electron chi connectivity index (χ1n) is 21.1. The second kappa shape index (κ2) is 20.5. The number of fused-ring (bicyclic) bond motifs is 6. The summed E-state index contributed by atoms with van der Waals surface area (Å²) in [7, 11) is 1.26. The molecule has 0 radical (unpaired) electrons. The summed E-state index contributed by atoms with van der Waals surface area (Å²) in [6.07, 6.45) is 4.15. The summed E-state index contributed by atoms with van der Waals surface area (Å²) in [5, 5.41) is 7.31. The van der Waals surface area contributed by atoms with Crippen LogP contribution in [0.15, 0.2) is 79.0 Å². The fourth-order valence-corrected chi connectivity index (χ4v) is 7.34. The number of hydrogen-bond acceptors (Lipinski definition) is 8. The molecular weight excluding hydrogens is 773 g/mol. The van der Waals surface area contributed by atoms with E-state index in [4.69, 9.17) is 9.72 Å². The van der Waals surface area contributed by atoms with Crippen molar-refractivity contribution in [1.29, 1.82) is 0 Å². The number of rotatable bonds is 15. The number of imidazole rings is 2. The van der Waals surface area contributed by atoms with Gasteiger partial charge in [0, 0.05) is 30.5 Å². The van der Waals surface area contributed by atoms with E-state index in [1.165, 1.54) is 13.5 Å². The number of aromatic amines is 2. The number of nitrogens with zero attached hydrogens (tertiary/aromatic N) is 4. The van der Waals surface area contributed by atoms with Crippen LogP contribution in [0.25, 0.3) is 44.2 Å². The molecule has 0 unspecified atom stereocenters. The first kappa shape index (κ1) is 43.9. The topological polar surface area (TPSA) is 175 Å². The Morgan fingerprint density at radius 2 is 1.59 bits per heavy atom. The van der Waals surface area contributed by atoms with Gasteiger partial charge in [-0.25, -0.2) is 14.8 Å². The van der Waals surface area contributed by atoms with Gasteiger partial charge in [0.1, 0.15) is 36.6 Å². The standard InChI is InChI=1S/C44H48N8O6.C3H8/c1-5-17-51(40(54)23-46-44(56)57-4)25-38-47-34-16-14-28-20-33-31-15-13-29(19-30(31)26-58-36(33)21-32(28)42(34)49-38)35-22-45-37(48-35)24-52(18-6-2)43(55)41(50-39(53)7-3)27-11-9-8-10-12-27;1-3-2/h8-16,19-22,41H,5-7,17-18,23-26H2,1-4H3,(H,45,48)(H,46,56)(H,47,49)(H,50,53);3H2,1-2H3/t41-;/m1./s1. The second-order valence-electron chi connectivity index (χ2n) is 15.0. The maximum atomic E-state index is 13.9. The number of aromatic nitrogens is 4. The van der Waals surface area contributed by atoms with Crippen LogP contribution in [0.5, 0.6) is 5.75 Å². The number of H-pyrrole nitrogens is 2. The Balaban J connectivity index is 0.00000201. The summed E-state index contributed by atoms with van der Waals surface area (Å²) < 4.78 is 11.0. The predicted molar refractivity (Wildman–Crippen MR) is 236 cm³/mol. The number of ether oxygens (including phenoxy) is 2. The minimum atomic E-state index is -0.791. The Labute approximate surface area is 356 Å². The summed E-state index contributed by atoms with van der Waals surface area (Å²) in [6.45, 7) is 11.8. The molecule has 0 saturated heterocycles. The van der Waals surface area contributed by atoms with Crippen LogP contribution in [0.3, 0.4) is 0 Å². The van der Waals surface area contributed by atoms with Crippen LogP contribution in [0.1, 0.15) is 89.1 Å². The van der Waals surface area contributed by atoms with Crippen molar-refractivity contribution in [3.63, 3.8) is 0 Å². The third kappa shape index (κ3) is 10.4. The molecule has 4 N–H and O–H groups in total. The molecular formula is C47H56N8O6. The number of methoxy groups -OCH3 is 1. The van der Waals surface area contributed by atoms with E-state index in [0.717, 1.165) is 73.9 Å². The Morgan fingerprint density at radius 1 is 0.852 bits per heavy atom. The molecule has 0 saturated carbocycles. The quantitative estimate of drug-likeness (QED) is 0.0802. The number of hydrogen-bond donors (Lipinski definition) is 4. The second-order valence-corrected chi connectivity index (χ2v) is 15.0. The van der Waals surface area contributed by atoms with Crippen molar-refractivity contribution < 1.29 is 28.7 Å². The molecule has 2 aromatic heterocycles. The molecule has 0 bridgehead atoms. The molecule has 0 fully saturated rings. The monoisotopic (exact) mass is 828 g/mol. The van der Waals surface area contributed by atoms with E-state index in [9.17, 15) is 19.2 Å². The van der Waals surface area contributed by atoms with Crippen molar-refractivity contribution in [3.05, 3.63) is 102 Å². The molecule has 1 aliphatic rings. The first-order valence-corrected chi connectivity index (χ1v) is 21.1. The Bertz CT molecular complexity index is 2480. The zero-order chi connectivity index (χ0) is 43.5. The third-order valence-electron chi connectivity index (χ3n) is 10.2. The summed E-state index contributed by atoms with van der Waals surface area (Å²) in [5.74, 6) is 1.44. The van der Waals surface area contributed by atoms with Gasteiger partial charge >= 0.3 is 6.09 Å².